The number of nitrogens with zero attached hydrogens (tertiary/aromatic N) is 1. The lowest BCUT2D eigenvalue weighted by Crippen LogP contribution is -2.34. The van der Waals surface area contributed by atoms with Crippen LogP contribution in [0.1, 0.15) is 22.3 Å². The van der Waals surface area contributed by atoms with Crippen LogP contribution in [0.4, 0.5) is 0 Å². The number of carbonyl (C=O) groups is 2. The van der Waals surface area contributed by atoms with Gasteiger partial charge in [0.1, 0.15) is 5.75 Å². The van der Waals surface area contributed by atoms with E-state index < -0.39 is 5.97 Å². The van der Waals surface area contributed by atoms with Crippen molar-refractivity contribution in [2.45, 2.75) is 12.8 Å². The van der Waals surface area contributed by atoms with Gasteiger partial charge in [0.15, 0.2) is 0 Å². The second kappa shape index (κ2) is 5.08. The average molecular weight is 249 g/mol. The first-order valence-corrected chi connectivity index (χ1v) is 5.81. The first-order valence-electron chi connectivity index (χ1n) is 5.81. The molecule has 0 bridgehead atoms. The number of hydrogen-bond donors (Lipinski definition) is 1. The van der Waals surface area contributed by atoms with Crippen LogP contribution in [0, 0.1) is 0 Å². The van der Waals surface area contributed by atoms with Crippen LogP contribution in [0.5, 0.6) is 5.75 Å². The highest BCUT2D eigenvalue weighted by Crippen LogP contribution is 2.27. The topological polar surface area (TPSA) is 66.8 Å². The molecule has 5 heteroatoms. The molecule has 1 amide bonds. The van der Waals surface area contributed by atoms with E-state index in [2.05, 4.69) is 0 Å². The van der Waals surface area contributed by atoms with Crippen molar-refractivity contribution in [2.75, 3.05) is 20.2 Å². The van der Waals surface area contributed by atoms with Crippen molar-refractivity contribution >= 4 is 11.9 Å². The van der Waals surface area contributed by atoms with E-state index in [0.717, 1.165) is 12.0 Å². The fourth-order valence-electron chi connectivity index (χ4n) is 1.99. The largest absolute Gasteiger partial charge is 0.493 e. The number of ether oxygens (including phenoxy) is 1. The number of likely N-dealkylation sites (N-methyl/N-ethyl adjacent to an activating group) is 1. The molecule has 1 aromatic carbocycles. The molecule has 1 N–H and O–H groups in total. The number of fused-ring (bicyclic) bond motifs is 1. The van der Waals surface area contributed by atoms with Crippen LogP contribution >= 0.6 is 0 Å². The van der Waals surface area contributed by atoms with E-state index in [1.807, 2.05) is 0 Å². The summed E-state index contributed by atoms with van der Waals surface area (Å²) in [6.45, 7) is 0.779. The number of amides is 1. The molecule has 1 heterocycles. The van der Waals surface area contributed by atoms with Crippen LogP contribution < -0.4 is 4.74 Å². The standard InChI is InChI=1S/C13H15NO4/c1-14-7-5-9-10(13(14)17)3-2-4-11(9)18-8-6-12(15)16/h2-4H,5-8H2,1H3,(H,15,16). The van der Waals surface area contributed by atoms with Crippen molar-refractivity contribution in [2.24, 2.45) is 0 Å². The Morgan fingerprint density at radius 2 is 2.28 bits per heavy atom. The molecule has 96 valence electrons. The minimum atomic E-state index is -0.893. The summed E-state index contributed by atoms with van der Waals surface area (Å²) in [5, 5.41) is 8.57. The normalized spacial score (nSPS) is 14.3. The number of hydrogen-bond acceptors (Lipinski definition) is 3. The van der Waals surface area contributed by atoms with E-state index in [1.165, 1.54) is 0 Å². The van der Waals surface area contributed by atoms with E-state index in [0.29, 0.717) is 17.9 Å². The SMILES string of the molecule is CN1CCc2c(OCCC(=O)O)cccc2C1=O. The van der Waals surface area contributed by atoms with Crippen LogP contribution in [-0.2, 0) is 11.2 Å². The average Bonchev–Trinajstić information content (AvgIpc) is 2.34. The molecule has 18 heavy (non-hydrogen) atoms. The predicted molar refractivity (Wildman–Crippen MR) is 64.9 cm³/mol. The number of aliphatic carboxylic acids is 1. The summed E-state index contributed by atoms with van der Waals surface area (Å²) in [7, 11) is 1.77. The minimum absolute atomic E-state index is 0.0139. The number of benzene rings is 1. The summed E-state index contributed by atoms with van der Waals surface area (Å²) < 4.78 is 5.45. The van der Waals surface area contributed by atoms with Crippen molar-refractivity contribution in [1.29, 1.82) is 0 Å². The van der Waals surface area contributed by atoms with Crippen LogP contribution in [0.25, 0.3) is 0 Å². The number of carboxylic acid groups (broad SMARTS) is 1. The molecule has 0 atom stereocenters. The van der Waals surface area contributed by atoms with E-state index in [9.17, 15) is 9.59 Å². The van der Waals surface area contributed by atoms with Gasteiger partial charge >= 0.3 is 5.97 Å². The molecule has 0 aliphatic carbocycles. The Kier molecular flexibility index (Phi) is 3.50. The van der Waals surface area contributed by atoms with Gasteiger partial charge in [-0.1, -0.05) is 6.07 Å². The fraction of sp³-hybridized carbons (Fsp3) is 0.385. The van der Waals surface area contributed by atoms with Crippen LogP contribution in [0.15, 0.2) is 18.2 Å². The summed E-state index contributed by atoms with van der Waals surface area (Å²) >= 11 is 0. The van der Waals surface area contributed by atoms with Gasteiger partial charge in [-0.05, 0) is 18.6 Å². The first kappa shape index (κ1) is 12.4. The molecule has 0 radical (unpaired) electrons. The van der Waals surface area contributed by atoms with E-state index in [1.54, 1.807) is 30.1 Å². The summed E-state index contributed by atoms with van der Waals surface area (Å²) in [5.41, 5.74) is 1.53. The van der Waals surface area contributed by atoms with Gasteiger partial charge in [0.2, 0.25) is 0 Å². The van der Waals surface area contributed by atoms with Crippen LogP contribution in [-0.4, -0.2) is 42.1 Å². The van der Waals surface area contributed by atoms with E-state index >= 15 is 0 Å². The van der Waals surface area contributed by atoms with Crippen molar-refractivity contribution in [3.8, 4) is 5.75 Å². The van der Waals surface area contributed by atoms with Gasteiger partial charge in [0.05, 0.1) is 13.0 Å². The Morgan fingerprint density at radius 1 is 1.50 bits per heavy atom. The summed E-state index contributed by atoms with van der Waals surface area (Å²) in [4.78, 5) is 24.0. The quantitative estimate of drug-likeness (QED) is 0.869. The second-order valence-corrected chi connectivity index (χ2v) is 4.25. The van der Waals surface area contributed by atoms with E-state index in [-0.39, 0.29) is 18.9 Å². The molecule has 0 spiro atoms. The number of rotatable bonds is 4. The van der Waals surface area contributed by atoms with Gasteiger partial charge in [0.25, 0.3) is 5.91 Å². The molecule has 2 rings (SSSR count). The van der Waals surface area contributed by atoms with Crippen LogP contribution in [0.2, 0.25) is 0 Å². The highest BCUT2D eigenvalue weighted by atomic mass is 16.5. The molecule has 0 fully saturated rings. The maximum Gasteiger partial charge on any atom is 0.306 e. The van der Waals surface area contributed by atoms with Gasteiger partial charge in [-0.15, -0.1) is 0 Å². The third-order valence-electron chi connectivity index (χ3n) is 2.98. The number of carbonyl (C=O) groups excluding carboxylic acids is 1. The molecular formula is C13H15NO4. The van der Waals surface area contributed by atoms with Crippen molar-refractivity contribution in [1.82, 2.24) is 4.90 Å². The molecule has 0 aromatic heterocycles. The molecule has 1 aliphatic rings. The molecule has 1 aliphatic heterocycles. The maximum absolute atomic E-state index is 11.9. The molecule has 0 unspecified atom stereocenters. The van der Waals surface area contributed by atoms with Gasteiger partial charge in [-0.25, -0.2) is 0 Å². The monoisotopic (exact) mass is 249 g/mol. The van der Waals surface area contributed by atoms with Gasteiger partial charge in [-0.3, -0.25) is 9.59 Å². The Labute approximate surface area is 105 Å². The summed E-state index contributed by atoms with van der Waals surface area (Å²) in [6, 6.07) is 5.31. The molecule has 0 saturated carbocycles. The zero-order valence-corrected chi connectivity index (χ0v) is 10.2. The zero-order valence-electron chi connectivity index (χ0n) is 10.2. The van der Waals surface area contributed by atoms with Gasteiger partial charge in [-0.2, -0.15) is 0 Å². The lowest BCUT2D eigenvalue weighted by atomic mass is 9.98. The Hall–Kier alpha value is -2.04. The Balaban J connectivity index is 2.18. The minimum Gasteiger partial charge on any atom is -0.493 e. The number of carboxylic acids is 1. The van der Waals surface area contributed by atoms with Gasteiger partial charge in [0, 0.05) is 24.7 Å². The first-order chi connectivity index (χ1) is 8.59. The lowest BCUT2D eigenvalue weighted by Gasteiger charge is -2.26. The Morgan fingerprint density at radius 3 is 3.00 bits per heavy atom. The molecule has 1 aromatic rings. The molecular weight excluding hydrogens is 234 g/mol. The highest BCUT2D eigenvalue weighted by molar-refractivity contribution is 5.97. The molecule has 5 nitrogen and oxygen atoms in total. The second-order valence-electron chi connectivity index (χ2n) is 4.25. The van der Waals surface area contributed by atoms with Crippen molar-refractivity contribution in [3.05, 3.63) is 29.3 Å². The third kappa shape index (κ3) is 2.45. The molecule has 0 saturated heterocycles. The third-order valence-corrected chi connectivity index (χ3v) is 2.98. The summed E-state index contributed by atoms with van der Waals surface area (Å²) in [5.74, 6) is -0.286. The van der Waals surface area contributed by atoms with Crippen molar-refractivity contribution in [3.63, 3.8) is 0 Å². The summed E-state index contributed by atoms with van der Waals surface area (Å²) in [6.07, 6.45) is 0.693. The maximum atomic E-state index is 11.9. The lowest BCUT2D eigenvalue weighted by molar-refractivity contribution is -0.137. The zero-order chi connectivity index (χ0) is 13.1. The Bertz CT molecular complexity index is 484. The highest BCUT2D eigenvalue weighted by Gasteiger charge is 2.23. The smallest absolute Gasteiger partial charge is 0.306 e. The predicted octanol–water partition coefficient (Wildman–Crippen LogP) is 1.17. The van der Waals surface area contributed by atoms with Crippen molar-refractivity contribution < 1.29 is 19.4 Å². The van der Waals surface area contributed by atoms with Crippen LogP contribution in [0.3, 0.4) is 0 Å². The van der Waals surface area contributed by atoms with E-state index in [4.69, 9.17) is 9.84 Å². The van der Waals surface area contributed by atoms with Gasteiger partial charge < -0.3 is 14.7 Å². The fourth-order valence-corrected chi connectivity index (χ4v) is 1.99.